The highest BCUT2D eigenvalue weighted by molar-refractivity contribution is 5.38. The molecule has 1 aromatic rings. The Morgan fingerprint density at radius 2 is 2.00 bits per heavy atom. The van der Waals surface area contributed by atoms with E-state index in [-0.39, 0.29) is 6.10 Å². The van der Waals surface area contributed by atoms with Crippen molar-refractivity contribution in [2.75, 3.05) is 6.61 Å². The normalized spacial score (nSPS) is 31.8. The van der Waals surface area contributed by atoms with Crippen LogP contribution in [0, 0.1) is 0 Å². The maximum Gasteiger partial charge on any atom is 0.0948 e. The quantitative estimate of drug-likeness (QED) is 0.883. The lowest BCUT2D eigenvalue weighted by molar-refractivity contribution is -0.143. The summed E-state index contributed by atoms with van der Waals surface area (Å²) in [7, 11) is 0. The van der Waals surface area contributed by atoms with E-state index in [0.29, 0.717) is 5.92 Å². The third-order valence-electron chi connectivity index (χ3n) is 4.54. The van der Waals surface area contributed by atoms with E-state index in [1.165, 1.54) is 24.8 Å². The van der Waals surface area contributed by atoms with Crippen molar-refractivity contribution in [3.63, 3.8) is 0 Å². The van der Waals surface area contributed by atoms with Crippen molar-refractivity contribution in [1.29, 1.82) is 0 Å². The Morgan fingerprint density at radius 1 is 1.28 bits per heavy atom. The second-order valence-corrected chi connectivity index (χ2v) is 5.73. The van der Waals surface area contributed by atoms with Crippen molar-refractivity contribution >= 4 is 0 Å². The summed E-state index contributed by atoms with van der Waals surface area (Å²) in [5, 5.41) is 10.7. The zero-order valence-electron chi connectivity index (χ0n) is 11.1. The number of aliphatic hydroxyl groups is 1. The first-order chi connectivity index (χ1) is 8.73. The number of hydrogen-bond donors (Lipinski definition) is 1. The third-order valence-corrected chi connectivity index (χ3v) is 4.54. The summed E-state index contributed by atoms with van der Waals surface area (Å²) >= 11 is 0. The van der Waals surface area contributed by atoms with Crippen LogP contribution in [0.1, 0.15) is 56.1 Å². The van der Waals surface area contributed by atoms with Crippen LogP contribution in [0.15, 0.2) is 24.3 Å². The van der Waals surface area contributed by atoms with Gasteiger partial charge < -0.3 is 9.84 Å². The summed E-state index contributed by atoms with van der Waals surface area (Å²) in [5.41, 5.74) is 1.90. The Kier molecular flexibility index (Phi) is 3.16. The highest BCUT2D eigenvalue weighted by atomic mass is 16.5. The number of benzene rings is 1. The van der Waals surface area contributed by atoms with E-state index in [0.717, 1.165) is 25.0 Å². The van der Waals surface area contributed by atoms with Gasteiger partial charge in [0.1, 0.15) is 0 Å². The lowest BCUT2D eigenvalue weighted by Crippen LogP contribution is -2.46. The molecule has 18 heavy (non-hydrogen) atoms. The first-order valence-electron chi connectivity index (χ1n) is 7.16. The molecule has 2 aliphatic carbocycles. The van der Waals surface area contributed by atoms with Crippen molar-refractivity contribution in [3.8, 4) is 0 Å². The highest BCUT2D eigenvalue weighted by Gasteiger charge is 2.46. The first-order valence-corrected chi connectivity index (χ1v) is 7.16. The molecule has 98 valence electrons. The van der Waals surface area contributed by atoms with Crippen LogP contribution in [-0.2, 0) is 10.3 Å². The molecule has 2 fully saturated rings. The molecule has 0 radical (unpaired) electrons. The zero-order chi connectivity index (χ0) is 12.6. The molecular weight excluding hydrogens is 224 g/mol. The van der Waals surface area contributed by atoms with Gasteiger partial charge in [-0.3, -0.25) is 0 Å². The first kappa shape index (κ1) is 12.2. The predicted octanol–water partition coefficient (Wildman–Crippen LogP) is 3.34. The predicted molar refractivity (Wildman–Crippen MR) is 71.6 cm³/mol. The molecule has 0 spiro atoms. The molecule has 2 nitrogen and oxygen atoms in total. The minimum Gasteiger partial charge on any atom is -0.385 e. The molecule has 0 aromatic heterocycles. The van der Waals surface area contributed by atoms with E-state index in [9.17, 15) is 5.11 Å². The average Bonchev–Trinajstić information content (AvgIpc) is 2.25. The molecule has 1 N–H and O–H groups in total. The molecule has 0 unspecified atom stereocenters. The summed E-state index contributed by atoms with van der Waals surface area (Å²) in [5.74, 6) is 0.677. The molecule has 0 bridgehead atoms. The maximum atomic E-state index is 10.7. The van der Waals surface area contributed by atoms with Crippen molar-refractivity contribution < 1.29 is 9.84 Å². The van der Waals surface area contributed by atoms with Crippen LogP contribution >= 0.6 is 0 Å². The molecule has 0 amide bonds. The molecule has 2 heteroatoms. The van der Waals surface area contributed by atoms with Gasteiger partial charge in [-0.25, -0.2) is 0 Å². The smallest absolute Gasteiger partial charge is 0.0948 e. The van der Waals surface area contributed by atoms with Gasteiger partial charge in [0.15, 0.2) is 0 Å². The lowest BCUT2D eigenvalue weighted by Gasteiger charge is -2.45. The van der Waals surface area contributed by atoms with Gasteiger partial charge in [-0.15, -0.1) is 0 Å². The minimum atomic E-state index is -0.633. The molecule has 0 atom stereocenters. The SMILES string of the molecule is CCOC1CC(O)(c2ccccc2C2CCC2)C1. The summed E-state index contributed by atoms with van der Waals surface area (Å²) in [6.07, 6.45) is 5.65. The van der Waals surface area contributed by atoms with Crippen LogP contribution in [0.3, 0.4) is 0 Å². The van der Waals surface area contributed by atoms with Crippen LogP contribution < -0.4 is 0 Å². The minimum absolute atomic E-state index is 0.245. The van der Waals surface area contributed by atoms with E-state index in [1.807, 2.05) is 13.0 Å². The Morgan fingerprint density at radius 3 is 2.61 bits per heavy atom. The molecule has 3 rings (SSSR count). The van der Waals surface area contributed by atoms with Crippen LogP contribution in [0.2, 0.25) is 0 Å². The maximum absolute atomic E-state index is 10.7. The van der Waals surface area contributed by atoms with Crippen LogP contribution in [0.5, 0.6) is 0 Å². The van der Waals surface area contributed by atoms with Crippen molar-refractivity contribution in [1.82, 2.24) is 0 Å². The monoisotopic (exact) mass is 246 g/mol. The van der Waals surface area contributed by atoms with E-state index in [2.05, 4.69) is 18.2 Å². The second-order valence-electron chi connectivity index (χ2n) is 5.73. The Bertz CT molecular complexity index is 417. The molecule has 0 saturated heterocycles. The van der Waals surface area contributed by atoms with Gasteiger partial charge in [0.25, 0.3) is 0 Å². The number of ether oxygens (including phenoxy) is 1. The third kappa shape index (κ3) is 1.98. The summed E-state index contributed by atoms with van der Waals surface area (Å²) < 4.78 is 5.58. The van der Waals surface area contributed by atoms with Crippen molar-refractivity contribution in [3.05, 3.63) is 35.4 Å². The largest absolute Gasteiger partial charge is 0.385 e. The molecule has 0 aliphatic heterocycles. The van der Waals surface area contributed by atoms with Gasteiger partial charge in [-0.05, 0) is 36.8 Å². The van der Waals surface area contributed by atoms with E-state index >= 15 is 0 Å². The van der Waals surface area contributed by atoms with E-state index in [4.69, 9.17) is 4.74 Å². The van der Waals surface area contributed by atoms with Crippen LogP contribution in [0.25, 0.3) is 0 Å². The number of hydrogen-bond acceptors (Lipinski definition) is 2. The molecule has 2 saturated carbocycles. The Labute approximate surface area is 109 Å². The number of rotatable bonds is 4. The fourth-order valence-corrected chi connectivity index (χ4v) is 3.26. The topological polar surface area (TPSA) is 29.5 Å². The van der Waals surface area contributed by atoms with Gasteiger partial charge in [0.05, 0.1) is 11.7 Å². The average molecular weight is 246 g/mol. The van der Waals surface area contributed by atoms with Gasteiger partial charge in [-0.2, -0.15) is 0 Å². The van der Waals surface area contributed by atoms with Gasteiger partial charge in [0, 0.05) is 19.4 Å². The Balaban J connectivity index is 1.80. The van der Waals surface area contributed by atoms with Crippen molar-refractivity contribution in [2.45, 2.75) is 56.7 Å². The van der Waals surface area contributed by atoms with Gasteiger partial charge in [0.2, 0.25) is 0 Å². The Hall–Kier alpha value is -0.860. The van der Waals surface area contributed by atoms with Crippen LogP contribution in [-0.4, -0.2) is 17.8 Å². The molecular formula is C16H22O2. The summed E-state index contributed by atoms with van der Waals surface area (Å²) in [4.78, 5) is 0. The lowest BCUT2D eigenvalue weighted by atomic mass is 9.67. The standard InChI is InChI=1S/C16H22O2/c1-2-18-13-10-16(17,11-13)15-9-4-3-8-14(15)12-6-5-7-12/h3-4,8-9,12-13,17H,2,5-7,10-11H2,1H3. The van der Waals surface area contributed by atoms with E-state index < -0.39 is 5.60 Å². The van der Waals surface area contributed by atoms with E-state index in [1.54, 1.807) is 0 Å². The molecule has 0 heterocycles. The fourth-order valence-electron chi connectivity index (χ4n) is 3.26. The van der Waals surface area contributed by atoms with Crippen LogP contribution in [0.4, 0.5) is 0 Å². The molecule has 1 aromatic carbocycles. The van der Waals surface area contributed by atoms with Gasteiger partial charge in [-0.1, -0.05) is 30.7 Å². The molecule has 2 aliphatic rings. The summed E-state index contributed by atoms with van der Waals surface area (Å²) in [6.45, 7) is 2.75. The fraction of sp³-hybridized carbons (Fsp3) is 0.625. The van der Waals surface area contributed by atoms with Gasteiger partial charge >= 0.3 is 0 Å². The summed E-state index contributed by atoms with van der Waals surface area (Å²) in [6, 6.07) is 8.45. The second kappa shape index (κ2) is 4.67. The van der Waals surface area contributed by atoms with Crippen molar-refractivity contribution in [2.24, 2.45) is 0 Å². The highest BCUT2D eigenvalue weighted by Crippen LogP contribution is 2.48. The zero-order valence-corrected chi connectivity index (χ0v) is 11.1.